The predicted octanol–water partition coefficient (Wildman–Crippen LogP) is 4.23. The lowest BCUT2D eigenvalue weighted by Gasteiger charge is -2.06. The molecule has 0 radical (unpaired) electrons. The molecule has 2 rings (SSSR count). The quantitative estimate of drug-likeness (QED) is 0.822. The first-order valence-corrected chi connectivity index (χ1v) is 6.93. The Morgan fingerprint density at radius 3 is 2.32 bits per heavy atom. The van der Waals surface area contributed by atoms with Crippen molar-refractivity contribution in [2.24, 2.45) is 0 Å². The lowest BCUT2D eigenvalue weighted by atomic mass is 10.1. The van der Waals surface area contributed by atoms with Crippen LogP contribution in [0.25, 0.3) is 0 Å². The lowest BCUT2D eigenvalue weighted by molar-refractivity contribution is 0.184. The third kappa shape index (κ3) is 4.24. The summed E-state index contributed by atoms with van der Waals surface area (Å²) in [5.74, 6) is 6.09. The molecule has 1 N–H and O–H groups in total. The Hall–Kier alpha value is -1.56. The molecule has 96 valence electrons. The molecule has 1 atom stereocenters. The maximum absolute atomic E-state index is 10.0. The van der Waals surface area contributed by atoms with Gasteiger partial charge in [0.05, 0.1) is 6.10 Å². The summed E-state index contributed by atoms with van der Waals surface area (Å²) in [5.41, 5.74) is 3.09. The van der Waals surface area contributed by atoms with Crippen molar-refractivity contribution in [1.82, 2.24) is 0 Å². The van der Waals surface area contributed by atoms with E-state index in [1.54, 1.807) is 0 Å². The van der Waals surface area contributed by atoms with Gasteiger partial charge in [0.2, 0.25) is 0 Å². The standard InChI is InChI=1S/C17H15BrO/c1-13-5-7-14(8-6-13)3-2-4-17(19)15-9-11-16(18)12-10-15/h5-12,17,19H,4H2,1H3. The second-order valence-electron chi connectivity index (χ2n) is 4.44. The first kappa shape index (κ1) is 13.9. The molecule has 0 heterocycles. The van der Waals surface area contributed by atoms with E-state index in [9.17, 15) is 5.11 Å². The van der Waals surface area contributed by atoms with Gasteiger partial charge in [-0.15, -0.1) is 0 Å². The number of halogens is 1. The Kier molecular flexibility index (Phi) is 4.79. The summed E-state index contributed by atoms with van der Waals surface area (Å²) in [5, 5.41) is 10.0. The number of benzene rings is 2. The number of aliphatic hydroxyl groups excluding tert-OH is 1. The van der Waals surface area contributed by atoms with E-state index in [-0.39, 0.29) is 0 Å². The maximum atomic E-state index is 10.0. The highest BCUT2D eigenvalue weighted by atomic mass is 79.9. The first-order chi connectivity index (χ1) is 9.15. The zero-order valence-corrected chi connectivity index (χ0v) is 12.3. The Bertz CT molecular complexity index is 588. The van der Waals surface area contributed by atoms with Crippen molar-refractivity contribution in [3.05, 3.63) is 69.7 Å². The molecule has 0 aliphatic rings. The van der Waals surface area contributed by atoms with E-state index in [2.05, 4.69) is 34.7 Å². The van der Waals surface area contributed by atoms with Crippen LogP contribution in [0.2, 0.25) is 0 Å². The van der Waals surface area contributed by atoms with E-state index in [0.29, 0.717) is 6.42 Å². The summed E-state index contributed by atoms with van der Waals surface area (Å²) in [7, 11) is 0. The smallest absolute Gasteiger partial charge is 0.0899 e. The van der Waals surface area contributed by atoms with E-state index in [0.717, 1.165) is 15.6 Å². The fourth-order valence-corrected chi connectivity index (χ4v) is 1.95. The minimum absolute atomic E-state index is 0.440. The summed E-state index contributed by atoms with van der Waals surface area (Å²) >= 11 is 3.37. The first-order valence-electron chi connectivity index (χ1n) is 6.14. The molecular formula is C17H15BrO. The summed E-state index contributed by atoms with van der Waals surface area (Å²) in [6.07, 6.45) is -0.0961. The van der Waals surface area contributed by atoms with E-state index < -0.39 is 6.10 Å². The summed E-state index contributed by atoms with van der Waals surface area (Å²) in [6, 6.07) is 15.7. The third-order valence-electron chi connectivity index (χ3n) is 2.83. The Morgan fingerprint density at radius 2 is 1.68 bits per heavy atom. The highest BCUT2D eigenvalue weighted by molar-refractivity contribution is 9.10. The molecule has 0 amide bonds. The monoisotopic (exact) mass is 314 g/mol. The van der Waals surface area contributed by atoms with Crippen LogP contribution >= 0.6 is 15.9 Å². The van der Waals surface area contributed by atoms with Crippen LogP contribution < -0.4 is 0 Å². The van der Waals surface area contributed by atoms with Crippen LogP contribution in [0.4, 0.5) is 0 Å². The van der Waals surface area contributed by atoms with Crippen LogP contribution in [-0.2, 0) is 0 Å². The average Bonchev–Trinajstić information content (AvgIpc) is 2.41. The van der Waals surface area contributed by atoms with Crippen molar-refractivity contribution in [3.8, 4) is 11.8 Å². The number of hydrogen-bond donors (Lipinski definition) is 1. The van der Waals surface area contributed by atoms with Crippen LogP contribution in [-0.4, -0.2) is 5.11 Å². The van der Waals surface area contributed by atoms with Gasteiger partial charge in [0.25, 0.3) is 0 Å². The van der Waals surface area contributed by atoms with E-state index >= 15 is 0 Å². The number of aryl methyl sites for hydroxylation is 1. The summed E-state index contributed by atoms with van der Waals surface area (Å²) in [6.45, 7) is 2.05. The lowest BCUT2D eigenvalue weighted by Crippen LogP contribution is -1.95. The molecule has 0 aliphatic heterocycles. The second kappa shape index (κ2) is 6.56. The van der Waals surface area contributed by atoms with Gasteiger partial charge in [-0.1, -0.05) is 57.6 Å². The summed E-state index contributed by atoms with van der Waals surface area (Å²) in [4.78, 5) is 0. The SMILES string of the molecule is Cc1ccc(C#CCC(O)c2ccc(Br)cc2)cc1. The molecule has 0 fully saturated rings. The van der Waals surface area contributed by atoms with Crippen LogP contribution in [0.1, 0.15) is 29.2 Å². The maximum Gasteiger partial charge on any atom is 0.0899 e. The largest absolute Gasteiger partial charge is 0.387 e. The van der Waals surface area contributed by atoms with Gasteiger partial charge < -0.3 is 5.11 Å². The van der Waals surface area contributed by atoms with Gasteiger partial charge in [-0.25, -0.2) is 0 Å². The van der Waals surface area contributed by atoms with Crippen molar-refractivity contribution >= 4 is 15.9 Å². The molecule has 0 saturated carbocycles. The topological polar surface area (TPSA) is 20.2 Å². The second-order valence-corrected chi connectivity index (χ2v) is 5.35. The van der Waals surface area contributed by atoms with Gasteiger partial charge >= 0.3 is 0 Å². The average molecular weight is 315 g/mol. The van der Waals surface area contributed by atoms with Gasteiger partial charge in [0.1, 0.15) is 0 Å². The molecular weight excluding hydrogens is 300 g/mol. The van der Waals surface area contributed by atoms with Crippen molar-refractivity contribution in [1.29, 1.82) is 0 Å². The Balaban J connectivity index is 1.99. The van der Waals surface area contributed by atoms with Gasteiger partial charge in [-0.05, 0) is 36.8 Å². The van der Waals surface area contributed by atoms with Crippen LogP contribution in [0.3, 0.4) is 0 Å². The molecule has 2 aromatic carbocycles. The molecule has 0 bridgehead atoms. The molecule has 2 aromatic rings. The molecule has 1 nitrogen and oxygen atoms in total. The van der Waals surface area contributed by atoms with Crippen LogP contribution in [0.5, 0.6) is 0 Å². The van der Waals surface area contributed by atoms with Crippen molar-refractivity contribution in [3.63, 3.8) is 0 Å². The van der Waals surface area contributed by atoms with Crippen molar-refractivity contribution < 1.29 is 5.11 Å². The van der Waals surface area contributed by atoms with E-state index in [1.165, 1.54) is 5.56 Å². The van der Waals surface area contributed by atoms with Gasteiger partial charge in [0, 0.05) is 16.5 Å². The van der Waals surface area contributed by atoms with Crippen LogP contribution in [0, 0.1) is 18.8 Å². The van der Waals surface area contributed by atoms with Gasteiger partial charge in [-0.3, -0.25) is 0 Å². The number of rotatable bonds is 2. The molecule has 0 saturated heterocycles. The van der Waals surface area contributed by atoms with Gasteiger partial charge in [-0.2, -0.15) is 0 Å². The molecule has 0 spiro atoms. The third-order valence-corrected chi connectivity index (χ3v) is 3.36. The predicted molar refractivity (Wildman–Crippen MR) is 81.8 cm³/mol. The molecule has 0 aliphatic carbocycles. The fraction of sp³-hybridized carbons (Fsp3) is 0.176. The molecule has 1 unspecified atom stereocenters. The normalized spacial score (nSPS) is 11.5. The number of hydrogen-bond acceptors (Lipinski definition) is 1. The zero-order valence-electron chi connectivity index (χ0n) is 10.7. The van der Waals surface area contributed by atoms with Gasteiger partial charge in [0.15, 0.2) is 0 Å². The van der Waals surface area contributed by atoms with E-state index in [1.807, 2.05) is 48.5 Å². The molecule has 0 aromatic heterocycles. The highest BCUT2D eigenvalue weighted by Crippen LogP contribution is 2.18. The zero-order chi connectivity index (χ0) is 13.7. The summed E-state index contributed by atoms with van der Waals surface area (Å²) < 4.78 is 1.01. The van der Waals surface area contributed by atoms with Crippen LogP contribution in [0.15, 0.2) is 53.0 Å². The number of aliphatic hydroxyl groups is 1. The highest BCUT2D eigenvalue weighted by Gasteiger charge is 2.04. The van der Waals surface area contributed by atoms with E-state index in [4.69, 9.17) is 0 Å². The minimum Gasteiger partial charge on any atom is -0.387 e. The fourth-order valence-electron chi connectivity index (χ4n) is 1.69. The molecule has 19 heavy (non-hydrogen) atoms. The Morgan fingerprint density at radius 1 is 1.05 bits per heavy atom. The van der Waals surface area contributed by atoms with Crippen molar-refractivity contribution in [2.45, 2.75) is 19.4 Å². The Labute approximate surface area is 122 Å². The minimum atomic E-state index is -0.536. The molecule has 2 heteroatoms. The van der Waals surface area contributed by atoms with Crippen molar-refractivity contribution in [2.75, 3.05) is 0 Å².